The predicted octanol–water partition coefficient (Wildman–Crippen LogP) is 1.02. The van der Waals surface area contributed by atoms with Crippen LogP contribution < -0.4 is 5.56 Å². The Labute approximate surface area is 139 Å². The number of aryl methyl sites for hydroxylation is 1. The van der Waals surface area contributed by atoms with Gasteiger partial charge in [-0.25, -0.2) is 4.98 Å². The summed E-state index contributed by atoms with van der Waals surface area (Å²) in [4.78, 5) is 33.6. The number of carbonyl (C=O) groups excluding carboxylic acids is 1. The smallest absolute Gasteiger partial charge is 0.263 e. The number of piperidine rings is 1. The Kier molecular flexibility index (Phi) is 4.75. The maximum absolute atomic E-state index is 12.9. The molecule has 0 spiro atoms. The van der Waals surface area contributed by atoms with E-state index < -0.39 is 5.56 Å². The largest absolute Gasteiger partial charge is 0.377 e. The Balaban J connectivity index is 1.88. The van der Waals surface area contributed by atoms with Crippen LogP contribution in [-0.4, -0.2) is 44.2 Å². The number of nitrogens with one attached hydrogen (secondary N) is 1. The molecule has 2 aromatic rings. The number of amides is 1. The van der Waals surface area contributed by atoms with Gasteiger partial charge < -0.3 is 14.6 Å². The van der Waals surface area contributed by atoms with E-state index in [4.69, 9.17) is 4.74 Å². The van der Waals surface area contributed by atoms with E-state index in [9.17, 15) is 9.59 Å². The van der Waals surface area contributed by atoms with Crippen LogP contribution >= 0.6 is 0 Å². The van der Waals surface area contributed by atoms with E-state index in [1.165, 1.54) is 13.3 Å². The lowest BCUT2D eigenvalue weighted by atomic mass is 9.97. The average molecular weight is 331 g/mol. The van der Waals surface area contributed by atoms with Crippen LogP contribution in [-0.2, 0) is 18.4 Å². The zero-order valence-corrected chi connectivity index (χ0v) is 13.9. The number of hydrogen-bond acceptors (Lipinski definition) is 5. The van der Waals surface area contributed by atoms with Crippen LogP contribution in [0.25, 0.3) is 0 Å². The topological polar surface area (TPSA) is 93.1 Å². The highest BCUT2D eigenvalue weighted by atomic mass is 16.5. The first kappa shape index (κ1) is 16.4. The van der Waals surface area contributed by atoms with Crippen LogP contribution in [0.4, 0.5) is 0 Å². The minimum Gasteiger partial charge on any atom is -0.377 e. The van der Waals surface area contributed by atoms with E-state index in [1.54, 1.807) is 15.8 Å². The van der Waals surface area contributed by atoms with Crippen LogP contribution in [0.5, 0.6) is 0 Å². The summed E-state index contributed by atoms with van der Waals surface area (Å²) in [6, 6.07) is -0.0574. The monoisotopic (exact) mass is 331 g/mol. The van der Waals surface area contributed by atoms with Crippen molar-refractivity contribution in [2.45, 2.75) is 31.9 Å². The average Bonchev–Trinajstić information content (AvgIpc) is 3.01. The molecule has 2 aromatic heterocycles. The summed E-state index contributed by atoms with van der Waals surface area (Å²) in [5.74, 6) is 0.114. The van der Waals surface area contributed by atoms with Crippen molar-refractivity contribution in [1.29, 1.82) is 0 Å². The summed E-state index contributed by atoms with van der Waals surface area (Å²) in [5.41, 5.74) is 0.620. The minimum absolute atomic E-state index is 0.0574. The van der Waals surface area contributed by atoms with Crippen molar-refractivity contribution in [2.75, 3.05) is 13.7 Å². The summed E-state index contributed by atoms with van der Waals surface area (Å²) in [6.07, 6.45) is 7.87. The summed E-state index contributed by atoms with van der Waals surface area (Å²) in [5, 5.41) is 4.19. The minimum atomic E-state index is -0.433. The third-order valence-corrected chi connectivity index (χ3v) is 4.24. The third-order valence-electron chi connectivity index (χ3n) is 4.24. The van der Waals surface area contributed by atoms with Crippen molar-refractivity contribution in [3.05, 3.63) is 45.9 Å². The molecule has 0 aromatic carbocycles. The lowest BCUT2D eigenvalue weighted by molar-refractivity contribution is 0.0608. The van der Waals surface area contributed by atoms with Gasteiger partial charge in [0.2, 0.25) is 0 Å². The molecule has 0 saturated carbocycles. The van der Waals surface area contributed by atoms with Gasteiger partial charge in [0.1, 0.15) is 18.0 Å². The second kappa shape index (κ2) is 6.96. The number of nitrogens with zero attached hydrogens (tertiary/aromatic N) is 4. The maximum atomic E-state index is 12.9. The zero-order chi connectivity index (χ0) is 17.1. The molecule has 128 valence electrons. The lowest BCUT2D eigenvalue weighted by Gasteiger charge is -2.35. The van der Waals surface area contributed by atoms with Crippen molar-refractivity contribution < 1.29 is 9.53 Å². The molecule has 1 atom stereocenters. The van der Waals surface area contributed by atoms with Gasteiger partial charge in [-0.1, -0.05) is 0 Å². The first-order valence-corrected chi connectivity index (χ1v) is 7.97. The normalized spacial score (nSPS) is 17.9. The van der Waals surface area contributed by atoms with Crippen molar-refractivity contribution in [2.24, 2.45) is 7.05 Å². The highest BCUT2D eigenvalue weighted by Crippen LogP contribution is 2.31. The number of aromatic amines is 1. The molecule has 8 nitrogen and oxygen atoms in total. The number of ether oxygens (including phenoxy) is 1. The van der Waals surface area contributed by atoms with E-state index in [1.807, 2.05) is 13.2 Å². The van der Waals surface area contributed by atoms with Gasteiger partial charge in [0.25, 0.3) is 11.5 Å². The fourth-order valence-electron chi connectivity index (χ4n) is 3.08. The van der Waals surface area contributed by atoms with Gasteiger partial charge in [-0.15, -0.1) is 0 Å². The first-order chi connectivity index (χ1) is 11.6. The first-order valence-electron chi connectivity index (χ1n) is 7.97. The highest BCUT2D eigenvalue weighted by molar-refractivity contribution is 5.93. The van der Waals surface area contributed by atoms with Crippen molar-refractivity contribution in [3.8, 4) is 0 Å². The van der Waals surface area contributed by atoms with E-state index in [0.717, 1.165) is 24.8 Å². The van der Waals surface area contributed by atoms with E-state index in [-0.39, 0.29) is 24.1 Å². The summed E-state index contributed by atoms with van der Waals surface area (Å²) in [7, 11) is 3.37. The van der Waals surface area contributed by atoms with Crippen molar-refractivity contribution in [1.82, 2.24) is 24.6 Å². The summed E-state index contributed by atoms with van der Waals surface area (Å²) in [6.45, 7) is 0.823. The fraction of sp³-hybridized carbons (Fsp3) is 0.500. The van der Waals surface area contributed by atoms with Gasteiger partial charge >= 0.3 is 0 Å². The Bertz CT molecular complexity index is 782. The SMILES string of the molecule is COCc1ncc(C(=O)N2CCCCC2c2cnn(C)c2)c(=O)[nH]1. The van der Waals surface area contributed by atoms with Gasteiger partial charge in [0.05, 0.1) is 12.2 Å². The van der Waals surface area contributed by atoms with Crippen LogP contribution in [0.2, 0.25) is 0 Å². The van der Waals surface area contributed by atoms with E-state index >= 15 is 0 Å². The zero-order valence-electron chi connectivity index (χ0n) is 13.9. The number of rotatable bonds is 4. The fourth-order valence-corrected chi connectivity index (χ4v) is 3.08. The molecular weight excluding hydrogens is 310 g/mol. The van der Waals surface area contributed by atoms with Crippen LogP contribution in [0.1, 0.15) is 47.1 Å². The molecular formula is C16H21N5O3. The van der Waals surface area contributed by atoms with Crippen LogP contribution in [0, 0.1) is 0 Å². The number of H-pyrrole nitrogens is 1. The second-order valence-electron chi connectivity index (χ2n) is 5.96. The Morgan fingerprint density at radius 3 is 2.92 bits per heavy atom. The maximum Gasteiger partial charge on any atom is 0.263 e. The highest BCUT2D eigenvalue weighted by Gasteiger charge is 2.30. The van der Waals surface area contributed by atoms with Crippen molar-refractivity contribution >= 4 is 5.91 Å². The Hall–Kier alpha value is -2.48. The molecule has 0 radical (unpaired) electrons. The summed E-state index contributed by atoms with van der Waals surface area (Å²) < 4.78 is 6.66. The number of hydrogen-bond donors (Lipinski definition) is 1. The molecule has 3 heterocycles. The standard InChI is InChI=1S/C16H21N5O3/c1-20-9-11(7-18-20)13-5-3-4-6-21(13)16(23)12-8-17-14(10-24-2)19-15(12)22/h7-9,13H,3-6,10H2,1-2H3,(H,17,19,22). The van der Waals surface area contributed by atoms with Gasteiger partial charge in [0, 0.05) is 38.7 Å². The molecule has 1 N–H and O–H groups in total. The number of methoxy groups -OCH3 is 1. The molecule has 1 saturated heterocycles. The second-order valence-corrected chi connectivity index (χ2v) is 5.96. The predicted molar refractivity (Wildman–Crippen MR) is 86.4 cm³/mol. The van der Waals surface area contributed by atoms with E-state index in [2.05, 4.69) is 15.1 Å². The number of carbonyl (C=O) groups is 1. The third kappa shape index (κ3) is 3.23. The van der Waals surface area contributed by atoms with Crippen molar-refractivity contribution in [3.63, 3.8) is 0 Å². The number of likely N-dealkylation sites (tertiary alicyclic amines) is 1. The Morgan fingerprint density at radius 1 is 1.42 bits per heavy atom. The molecule has 8 heteroatoms. The molecule has 1 aliphatic rings. The molecule has 3 rings (SSSR count). The molecule has 0 aliphatic carbocycles. The van der Waals surface area contributed by atoms with Gasteiger partial charge in [-0.2, -0.15) is 5.10 Å². The molecule has 1 aliphatic heterocycles. The Morgan fingerprint density at radius 2 is 2.25 bits per heavy atom. The van der Waals surface area contributed by atoms with Crippen LogP contribution in [0.15, 0.2) is 23.4 Å². The number of aromatic nitrogens is 4. The summed E-state index contributed by atoms with van der Waals surface area (Å²) >= 11 is 0. The lowest BCUT2D eigenvalue weighted by Crippen LogP contribution is -2.40. The molecule has 1 unspecified atom stereocenters. The molecule has 1 fully saturated rings. The van der Waals surface area contributed by atoms with Gasteiger partial charge in [0.15, 0.2) is 0 Å². The van der Waals surface area contributed by atoms with Gasteiger partial charge in [-0.05, 0) is 19.3 Å². The quantitative estimate of drug-likeness (QED) is 0.903. The molecule has 1 amide bonds. The molecule has 0 bridgehead atoms. The van der Waals surface area contributed by atoms with Crippen LogP contribution in [0.3, 0.4) is 0 Å². The molecule has 24 heavy (non-hydrogen) atoms. The van der Waals surface area contributed by atoms with Gasteiger partial charge in [-0.3, -0.25) is 14.3 Å². The van der Waals surface area contributed by atoms with E-state index in [0.29, 0.717) is 12.4 Å².